The second-order valence-corrected chi connectivity index (χ2v) is 13.0. The van der Waals surface area contributed by atoms with Gasteiger partial charge in [0.05, 0.1) is 36.6 Å². The summed E-state index contributed by atoms with van der Waals surface area (Å²) in [5, 5.41) is 51.0. The molecule has 0 spiro atoms. The normalized spacial score (nSPS) is 17.3. The van der Waals surface area contributed by atoms with Crippen LogP contribution in [0, 0.1) is 0 Å². The minimum atomic E-state index is -1.79. The van der Waals surface area contributed by atoms with Crippen LogP contribution in [0.3, 0.4) is 0 Å². The van der Waals surface area contributed by atoms with Gasteiger partial charge in [0, 0.05) is 47.4 Å². The van der Waals surface area contributed by atoms with Crippen LogP contribution in [-0.4, -0.2) is 85.1 Å². The number of carbonyl (C=O) groups excluding carboxylic acids is 1. The lowest BCUT2D eigenvalue weighted by Crippen LogP contribution is -2.49. The fraction of sp³-hybridized carbons (Fsp3) is 0.378. The number of para-hydroxylation sites is 1. The molecule has 2 aliphatic rings. The third-order valence-corrected chi connectivity index (χ3v) is 9.18. The Labute approximate surface area is 294 Å². The van der Waals surface area contributed by atoms with Crippen LogP contribution in [0.1, 0.15) is 52.7 Å². The van der Waals surface area contributed by atoms with Crippen molar-refractivity contribution in [3.05, 3.63) is 107 Å². The molecule has 6 rings (SSSR count). The quantitative estimate of drug-likeness (QED) is 0.0948. The maximum absolute atomic E-state index is 12.5. The molecular formula is C37H40ClN3O9. The predicted octanol–water partition coefficient (Wildman–Crippen LogP) is 3.29. The molecule has 4 atom stereocenters. The molecule has 2 fully saturated rings. The Kier molecular flexibility index (Phi) is 11.3. The average Bonchev–Trinajstić information content (AvgIpc) is 4.10. The van der Waals surface area contributed by atoms with Gasteiger partial charge in [-0.25, -0.2) is 4.98 Å². The second-order valence-electron chi connectivity index (χ2n) is 12.6. The minimum Gasteiger partial charge on any atom is -0.490 e. The van der Waals surface area contributed by atoms with Crippen molar-refractivity contribution in [1.82, 2.24) is 15.3 Å². The van der Waals surface area contributed by atoms with Crippen molar-refractivity contribution in [2.45, 2.75) is 75.0 Å². The van der Waals surface area contributed by atoms with Gasteiger partial charge >= 0.3 is 0 Å². The molecule has 2 aliphatic carbocycles. The highest BCUT2D eigenvalue weighted by Crippen LogP contribution is 2.53. The molecule has 0 unspecified atom stereocenters. The van der Waals surface area contributed by atoms with E-state index >= 15 is 0 Å². The SMILES string of the molecule is O=C(NC[C@H](O)[C@@H](O)[C@H](O)[C@H](O)CO)c1ccc(OCc2ccc(Cl)c(COC3(c4cnccc4-c4ccccc4OC4CC4)CC3)c2)nc1. The molecule has 6 N–H and O–H groups in total. The first kappa shape index (κ1) is 35.7. The summed E-state index contributed by atoms with van der Waals surface area (Å²) in [6, 6.07) is 18.7. The van der Waals surface area contributed by atoms with Crippen molar-refractivity contribution in [3.63, 3.8) is 0 Å². The lowest BCUT2D eigenvalue weighted by Gasteiger charge is -2.25. The largest absolute Gasteiger partial charge is 0.490 e. The Morgan fingerprint density at radius 3 is 2.44 bits per heavy atom. The summed E-state index contributed by atoms with van der Waals surface area (Å²) in [7, 11) is 0. The van der Waals surface area contributed by atoms with Gasteiger partial charge in [0.15, 0.2) is 0 Å². The lowest BCUT2D eigenvalue weighted by molar-refractivity contribution is -0.113. The van der Waals surface area contributed by atoms with Crippen LogP contribution in [0.4, 0.5) is 0 Å². The number of aliphatic hydroxyl groups excluding tert-OH is 5. The zero-order valence-corrected chi connectivity index (χ0v) is 27.9. The van der Waals surface area contributed by atoms with E-state index in [1.165, 1.54) is 18.3 Å². The summed E-state index contributed by atoms with van der Waals surface area (Å²) in [5.74, 6) is 0.558. The van der Waals surface area contributed by atoms with E-state index < -0.39 is 49.1 Å². The number of ether oxygens (including phenoxy) is 3. The summed E-state index contributed by atoms with van der Waals surface area (Å²) < 4.78 is 18.7. The van der Waals surface area contributed by atoms with Crippen LogP contribution >= 0.6 is 11.6 Å². The van der Waals surface area contributed by atoms with Gasteiger partial charge < -0.3 is 45.1 Å². The summed E-state index contributed by atoms with van der Waals surface area (Å²) in [4.78, 5) is 21.1. The molecule has 2 saturated carbocycles. The Morgan fingerprint density at radius 1 is 0.940 bits per heavy atom. The summed E-state index contributed by atoms with van der Waals surface area (Å²) >= 11 is 6.59. The fourth-order valence-corrected chi connectivity index (χ4v) is 5.71. The summed E-state index contributed by atoms with van der Waals surface area (Å²) in [6.07, 6.45) is 2.33. The number of benzene rings is 2. The number of rotatable bonds is 17. The Hall–Kier alpha value is -4.14. The molecule has 0 radical (unpaired) electrons. The molecule has 4 aromatic rings. The van der Waals surface area contributed by atoms with Crippen LogP contribution in [0.5, 0.6) is 11.6 Å². The molecule has 264 valence electrons. The average molecular weight is 706 g/mol. The lowest BCUT2D eigenvalue weighted by atomic mass is 9.96. The van der Waals surface area contributed by atoms with Crippen LogP contribution in [-0.2, 0) is 23.6 Å². The maximum atomic E-state index is 12.5. The zero-order valence-electron chi connectivity index (χ0n) is 27.2. The highest BCUT2D eigenvalue weighted by molar-refractivity contribution is 6.31. The fourth-order valence-electron chi connectivity index (χ4n) is 5.54. The van der Waals surface area contributed by atoms with E-state index in [1.54, 1.807) is 12.3 Å². The molecule has 2 heterocycles. The van der Waals surface area contributed by atoms with Gasteiger partial charge in [0.25, 0.3) is 5.91 Å². The first-order chi connectivity index (χ1) is 24.2. The molecule has 1 amide bonds. The minimum absolute atomic E-state index is 0.172. The first-order valence-corrected chi connectivity index (χ1v) is 16.9. The van der Waals surface area contributed by atoms with E-state index in [9.17, 15) is 25.2 Å². The number of hydrogen-bond acceptors (Lipinski definition) is 11. The number of halogens is 1. The van der Waals surface area contributed by atoms with E-state index in [0.29, 0.717) is 5.02 Å². The number of carbonyl (C=O) groups is 1. The van der Waals surface area contributed by atoms with Crippen LogP contribution in [0.15, 0.2) is 79.3 Å². The van der Waals surface area contributed by atoms with Gasteiger partial charge in [-0.3, -0.25) is 9.78 Å². The van der Waals surface area contributed by atoms with E-state index in [2.05, 4.69) is 21.4 Å². The number of nitrogens with zero attached hydrogens (tertiary/aromatic N) is 2. The van der Waals surface area contributed by atoms with Gasteiger partial charge in [0.1, 0.15) is 30.7 Å². The number of pyridine rings is 2. The Bertz CT molecular complexity index is 1770. The molecule has 12 nitrogen and oxygen atoms in total. The van der Waals surface area contributed by atoms with E-state index in [4.69, 9.17) is 30.9 Å². The molecule has 50 heavy (non-hydrogen) atoms. The van der Waals surface area contributed by atoms with Crippen LogP contribution in [0.2, 0.25) is 5.02 Å². The molecule has 2 aromatic carbocycles. The molecule has 0 aliphatic heterocycles. The van der Waals surface area contributed by atoms with Crippen molar-refractivity contribution in [2.24, 2.45) is 0 Å². The number of aromatic nitrogens is 2. The van der Waals surface area contributed by atoms with Crippen molar-refractivity contribution >= 4 is 17.5 Å². The van der Waals surface area contributed by atoms with Gasteiger partial charge in [0.2, 0.25) is 5.88 Å². The number of nitrogens with one attached hydrogen (secondary N) is 1. The van der Waals surface area contributed by atoms with Gasteiger partial charge in [-0.15, -0.1) is 0 Å². The Balaban J connectivity index is 1.04. The molecule has 2 aromatic heterocycles. The third kappa shape index (κ3) is 8.59. The van der Waals surface area contributed by atoms with Gasteiger partial charge in [-0.2, -0.15) is 0 Å². The summed E-state index contributed by atoms with van der Waals surface area (Å²) in [5.41, 5.74) is 4.44. The molecular weight excluding hydrogens is 666 g/mol. The monoisotopic (exact) mass is 705 g/mol. The van der Waals surface area contributed by atoms with Gasteiger partial charge in [-0.05, 0) is 72.7 Å². The van der Waals surface area contributed by atoms with Crippen molar-refractivity contribution in [2.75, 3.05) is 13.2 Å². The first-order valence-electron chi connectivity index (χ1n) is 16.5. The molecule has 13 heteroatoms. The molecule has 0 saturated heterocycles. The highest BCUT2D eigenvalue weighted by Gasteiger charge is 2.48. The van der Waals surface area contributed by atoms with E-state index in [-0.39, 0.29) is 30.8 Å². The van der Waals surface area contributed by atoms with Crippen LogP contribution < -0.4 is 14.8 Å². The second kappa shape index (κ2) is 15.8. The van der Waals surface area contributed by atoms with E-state index in [0.717, 1.165) is 59.3 Å². The standard InChI is InChI=1S/C37H40ClN3O9/c38-29-9-5-22(20-48-33-10-6-23(16-40-33)36(47)41-18-30(43)34(45)35(46)31(44)19-42)15-24(29)21-49-37(12-13-37)28-17-39-14-11-26(28)27-3-1-2-4-32(27)50-25-7-8-25/h1-6,9-11,14-17,25,30-31,34-35,42-46H,7-8,12-13,18-21H2,(H,41,47)/t30-,31+,34+,35+/m0/s1. The van der Waals surface area contributed by atoms with Crippen molar-refractivity contribution < 1.29 is 44.5 Å². The number of aliphatic hydroxyl groups is 5. The van der Waals surface area contributed by atoms with Crippen molar-refractivity contribution in [1.29, 1.82) is 0 Å². The Morgan fingerprint density at radius 2 is 1.72 bits per heavy atom. The zero-order chi connectivity index (χ0) is 35.3. The van der Waals surface area contributed by atoms with Crippen molar-refractivity contribution in [3.8, 4) is 22.8 Å². The van der Waals surface area contributed by atoms with E-state index in [1.807, 2.05) is 42.6 Å². The van der Waals surface area contributed by atoms with Crippen LogP contribution in [0.25, 0.3) is 11.1 Å². The molecule has 0 bridgehead atoms. The highest BCUT2D eigenvalue weighted by atomic mass is 35.5. The maximum Gasteiger partial charge on any atom is 0.252 e. The number of hydrogen-bond donors (Lipinski definition) is 6. The predicted molar refractivity (Wildman–Crippen MR) is 182 cm³/mol. The number of amides is 1. The smallest absolute Gasteiger partial charge is 0.252 e. The van der Waals surface area contributed by atoms with Gasteiger partial charge in [-0.1, -0.05) is 35.9 Å². The summed E-state index contributed by atoms with van der Waals surface area (Å²) in [6.45, 7) is -0.739. The third-order valence-electron chi connectivity index (χ3n) is 8.81. The topological polar surface area (TPSA) is 184 Å².